The first-order chi connectivity index (χ1) is 9.78. The average molecular weight is 273 g/mol. The molecule has 0 spiro atoms. The molecule has 0 amide bonds. The standard InChI is InChI=1S/C16H17O4/c1-17-13-9-15(18-2)14(16(10-13)19-3)11-20-12-7-5-4-6-8-12/h5-10H,11H2,1-3H3. The smallest absolute Gasteiger partial charge is 0.132 e. The van der Waals surface area contributed by atoms with Gasteiger partial charge in [0.15, 0.2) is 0 Å². The van der Waals surface area contributed by atoms with Gasteiger partial charge in [0.1, 0.15) is 29.6 Å². The first kappa shape index (κ1) is 14.1. The van der Waals surface area contributed by atoms with Crippen molar-refractivity contribution in [1.82, 2.24) is 0 Å². The zero-order valence-corrected chi connectivity index (χ0v) is 11.8. The summed E-state index contributed by atoms with van der Waals surface area (Å²) in [4.78, 5) is 0. The predicted octanol–water partition coefficient (Wildman–Crippen LogP) is 3.09. The average Bonchev–Trinajstić information content (AvgIpc) is 2.52. The minimum atomic E-state index is 0.348. The van der Waals surface area contributed by atoms with Crippen LogP contribution in [0.3, 0.4) is 0 Å². The van der Waals surface area contributed by atoms with E-state index in [-0.39, 0.29) is 0 Å². The van der Waals surface area contributed by atoms with Crippen LogP contribution in [0.2, 0.25) is 0 Å². The van der Waals surface area contributed by atoms with Crippen LogP contribution in [0, 0.1) is 6.07 Å². The molecule has 4 heteroatoms. The minimum Gasteiger partial charge on any atom is -0.496 e. The highest BCUT2D eigenvalue weighted by atomic mass is 16.5. The first-order valence-corrected chi connectivity index (χ1v) is 6.16. The summed E-state index contributed by atoms with van der Waals surface area (Å²) < 4.78 is 21.7. The van der Waals surface area contributed by atoms with E-state index in [1.54, 1.807) is 45.6 Å². The van der Waals surface area contributed by atoms with Gasteiger partial charge in [0, 0.05) is 12.1 Å². The normalized spacial score (nSPS) is 9.95. The van der Waals surface area contributed by atoms with Crippen molar-refractivity contribution in [1.29, 1.82) is 0 Å². The Bertz CT molecular complexity index is 527. The highest BCUT2D eigenvalue weighted by Crippen LogP contribution is 2.34. The molecule has 0 aromatic heterocycles. The number of ether oxygens (including phenoxy) is 4. The molecule has 2 aromatic carbocycles. The van der Waals surface area contributed by atoms with Crippen molar-refractivity contribution in [3.05, 3.63) is 48.0 Å². The molecule has 1 radical (unpaired) electrons. The van der Waals surface area contributed by atoms with Crippen LogP contribution < -0.4 is 18.9 Å². The Hall–Kier alpha value is -2.36. The van der Waals surface area contributed by atoms with Gasteiger partial charge in [-0.1, -0.05) is 12.1 Å². The molecule has 0 fully saturated rings. The molecule has 0 bridgehead atoms. The van der Waals surface area contributed by atoms with Gasteiger partial charge in [0.25, 0.3) is 0 Å². The first-order valence-electron chi connectivity index (χ1n) is 6.16. The molecule has 0 N–H and O–H groups in total. The SMILES string of the molecule is COc1cc(OC)c(COc2cc[c]cc2)c(OC)c1. The second-order valence-electron chi connectivity index (χ2n) is 4.03. The van der Waals surface area contributed by atoms with Gasteiger partial charge in [-0.05, 0) is 18.2 Å². The minimum absolute atomic E-state index is 0.348. The van der Waals surface area contributed by atoms with Crippen LogP contribution in [0.1, 0.15) is 5.56 Å². The summed E-state index contributed by atoms with van der Waals surface area (Å²) in [7, 11) is 4.81. The van der Waals surface area contributed by atoms with Crippen molar-refractivity contribution in [2.24, 2.45) is 0 Å². The van der Waals surface area contributed by atoms with Gasteiger partial charge < -0.3 is 18.9 Å². The molecule has 105 valence electrons. The van der Waals surface area contributed by atoms with Crippen molar-refractivity contribution in [3.63, 3.8) is 0 Å². The van der Waals surface area contributed by atoms with Gasteiger partial charge in [0.2, 0.25) is 0 Å². The Morgan fingerprint density at radius 1 is 0.850 bits per heavy atom. The summed E-state index contributed by atoms with van der Waals surface area (Å²) in [6.45, 7) is 0.348. The monoisotopic (exact) mass is 273 g/mol. The molecule has 0 saturated carbocycles. The van der Waals surface area contributed by atoms with E-state index in [0.717, 1.165) is 11.3 Å². The third kappa shape index (κ3) is 3.15. The van der Waals surface area contributed by atoms with Gasteiger partial charge in [-0.25, -0.2) is 0 Å². The van der Waals surface area contributed by atoms with Crippen molar-refractivity contribution in [3.8, 4) is 23.0 Å². The largest absolute Gasteiger partial charge is 0.496 e. The lowest BCUT2D eigenvalue weighted by atomic mass is 10.1. The molecule has 2 rings (SSSR count). The number of hydrogen-bond donors (Lipinski definition) is 0. The van der Waals surface area contributed by atoms with Gasteiger partial charge in [-0.2, -0.15) is 0 Å². The Labute approximate surface area is 118 Å². The zero-order valence-electron chi connectivity index (χ0n) is 11.8. The highest BCUT2D eigenvalue weighted by Gasteiger charge is 2.13. The van der Waals surface area contributed by atoms with Crippen LogP contribution in [0.5, 0.6) is 23.0 Å². The molecule has 0 aliphatic rings. The quantitative estimate of drug-likeness (QED) is 0.810. The molecule has 0 aliphatic carbocycles. The molecule has 0 heterocycles. The van der Waals surface area contributed by atoms with Crippen molar-refractivity contribution >= 4 is 0 Å². The van der Waals surface area contributed by atoms with E-state index >= 15 is 0 Å². The van der Waals surface area contributed by atoms with E-state index < -0.39 is 0 Å². The molecule has 2 aromatic rings. The number of rotatable bonds is 6. The predicted molar refractivity (Wildman–Crippen MR) is 75.7 cm³/mol. The van der Waals surface area contributed by atoms with Crippen molar-refractivity contribution in [2.75, 3.05) is 21.3 Å². The summed E-state index contributed by atoms with van der Waals surface area (Å²) >= 11 is 0. The molecule has 20 heavy (non-hydrogen) atoms. The summed E-state index contributed by atoms with van der Waals surface area (Å²) in [5.74, 6) is 2.79. The van der Waals surface area contributed by atoms with Crippen molar-refractivity contribution < 1.29 is 18.9 Å². The summed E-state index contributed by atoms with van der Waals surface area (Å²) in [5, 5.41) is 0. The van der Waals surface area contributed by atoms with E-state index in [2.05, 4.69) is 6.07 Å². The Morgan fingerprint density at radius 3 is 1.95 bits per heavy atom. The van der Waals surface area contributed by atoms with E-state index in [0.29, 0.717) is 23.9 Å². The zero-order chi connectivity index (χ0) is 14.4. The van der Waals surface area contributed by atoms with Crippen LogP contribution in [0.4, 0.5) is 0 Å². The molecule has 0 saturated heterocycles. The topological polar surface area (TPSA) is 36.9 Å². The fourth-order valence-electron chi connectivity index (χ4n) is 1.84. The fourth-order valence-corrected chi connectivity index (χ4v) is 1.84. The lowest BCUT2D eigenvalue weighted by Crippen LogP contribution is -2.02. The van der Waals surface area contributed by atoms with E-state index in [9.17, 15) is 0 Å². The third-order valence-corrected chi connectivity index (χ3v) is 2.89. The lowest BCUT2D eigenvalue weighted by molar-refractivity contribution is 0.285. The van der Waals surface area contributed by atoms with Crippen LogP contribution in [0.25, 0.3) is 0 Å². The maximum Gasteiger partial charge on any atom is 0.132 e. The van der Waals surface area contributed by atoms with Gasteiger partial charge in [0.05, 0.1) is 26.9 Å². The van der Waals surface area contributed by atoms with E-state index in [1.165, 1.54) is 0 Å². The summed E-state index contributed by atoms with van der Waals surface area (Å²) in [5.41, 5.74) is 0.837. The Balaban J connectivity index is 2.25. The van der Waals surface area contributed by atoms with Crippen molar-refractivity contribution in [2.45, 2.75) is 6.61 Å². The van der Waals surface area contributed by atoms with Crippen LogP contribution in [-0.4, -0.2) is 21.3 Å². The second kappa shape index (κ2) is 6.70. The summed E-state index contributed by atoms with van der Waals surface area (Å²) in [6, 6.07) is 13.9. The number of hydrogen-bond acceptors (Lipinski definition) is 4. The number of methoxy groups -OCH3 is 3. The Kier molecular flexibility index (Phi) is 4.71. The molecule has 0 unspecified atom stereocenters. The van der Waals surface area contributed by atoms with Crippen LogP contribution in [-0.2, 0) is 6.61 Å². The molecular weight excluding hydrogens is 256 g/mol. The molecule has 4 nitrogen and oxygen atoms in total. The molecule has 0 aliphatic heterocycles. The van der Waals surface area contributed by atoms with Crippen LogP contribution in [0.15, 0.2) is 36.4 Å². The van der Waals surface area contributed by atoms with Gasteiger partial charge >= 0.3 is 0 Å². The molecule has 0 atom stereocenters. The van der Waals surface area contributed by atoms with Gasteiger partial charge in [-0.3, -0.25) is 0 Å². The molecular formula is C16H17O4. The van der Waals surface area contributed by atoms with E-state index in [4.69, 9.17) is 18.9 Å². The fraction of sp³-hybridized carbons (Fsp3) is 0.250. The maximum absolute atomic E-state index is 5.73. The third-order valence-electron chi connectivity index (χ3n) is 2.89. The van der Waals surface area contributed by atoms with Crippen LogP contribution >= 0.6 is 0 Å². The Morgan fingerprint density at radius 2 is 1.45 bits per heavy atom. The number of benzene rings is 2. The second-order valence-corrected chi connectivity index (χ2v) is 4.03. The van der Waals surface area contributed by atoms with Gasteiger partial charge in [-0.15, -0.1) is 0 Å². The van der Waals surface area contributed by atoms with E-state index in [1.807, 2.05) is 12.1 Å². The summed E-state index contributed by atoms with van der Waals surface area (Å²) in [6.07, 6.45) is 0. The maximum atomic E-state index is 5.73. The lowest BCUT2D eigenvalue weighted by Gasteiger charge is -2.15. The highest BCUT2D eigenvalue weighted by molar-refractivity contribution is 5.50.